The molecule has 0 spiro atoms. The van der Waals surface area contributed by atoms with Gasteiger partial charge < -0.3 is 13.7 Å². The second-order valence-electron chi connectivity index (χ2n) is 7.07. The standard InChI is InChI=1S/C23H18F4N2O3S/c1-2-31-21(30)14-6-8-20-19(10-14)28-22(29(20)12-17-4-3-9-32-17)33-13-15-5-7-16(24)11-18(15)23(25,26)27/h3-11H,2,12-13H2,1H3. The first kappa shape index (κ1) is 22.9. The fourth-order valence-corrected chi connectivity index (χ4v) is 4.37. The largest absolute Gasteiger partial charge is 0.467 e. The molecule has 2 aromatic heterocycles. The van der Waals surface area contributed by atoms with Crippen molar-refractivity contribution < 1.29 is 31.5 Å². The summed E-state index contributed by atoms with van der Waals surface area (Å²) in [5, 5.41) is 0.430. The molecule has 0 saturated carbocycles. The molecule has 4 aromatic rings. The molecule has 2 heterocycles. The zero-order chi connectivity index (χ0) is 23.6. The van der Waals surface area contributed by atoms with E-state index in [0.29, 0.717) is 40.1 Å². The molecule has 0 atom stereocenters. The Morgan fingerprint density at radius 2 is 2.00 bits per heavy atom. The third kappa shape index (κ3) is 5.05. The minimum absolute atomic E-state index is 0.0577. The van der Waals surface area contributed by atoms with Gasteiger partial charge in [0.25, 0.3) is 0 Å². The summed E-state index contributed by atoms with van der Waals surface area (Å²) >= 11 is 1.08. The van der Waals surface area contributed by atoms with Crippen LogP contribution >= 0.6 is 11.8 Å². The van der Waals surface area contributed by atoms with E-state index in [-0.39, 0.29) is 17.9 Å². The molecular weight excluding hydrogens is 460 g/mol. The Balaban J connectivity index is 1.71. The first-order valence-corrected chi connectivity index (χ1v) is 10.9. The Kier molecular flexibility index (Phi) is 6.46. The van der Waals surface area contributed by atoms with Gasteiger partial charge in [0.1, 0.15) is 11.6 Å². The van der Waals surface area contributed by atoms with Crippen LogP contribution in [0.3, 0.4) is 0 Å². The lowest BCUT2D eigenvalue weighted by Crippen LogP contribution is -2.09. The van der Waals surface area contributed by atoms with Crippen molar-refractivity contribution in [2.45, 2.75) is 30.6 Å². The maximum absolute atomic E-state index is 13.4. The molecule has 10 heteroatoms. The Bertz CT molecular complexity index is 1280. The highest BCUT2D eigenvalue weighted by molar-refractivity contribution is 7.98. The second-order valence-corrected chi connectivity index (χ2v) is 8.01. The average Bonchev–Trinajstić information content (AvgIpc) is 3.40. The topological polar surface area (TPSA) is 57.3 Å². The van der Waals surface area contributed by atoms with Gasteiger partial charge in [-0.1, -0.05) is 17.8 Å². The van der Waals surface area contributed by atoms with Crippen LogP contribution in [-0.2, 0) is 23.2 Å². The smallest absolute Gasteiger partial charge is 0.416 e. The normalized spacial score (nSPS) is 11.8. The van der Waals surface area contributed by atoms with E-state index in [4.69, 9.17) is 9.15 Å². The SMILES string of the molecule is CCOC(=O)c1ccc2c(c1)nc(SCc1ccc(F)cc1C(F)(F)F)n2Cc1ccco1. The van der Waals surface area contributed by atoms with Gasteiger partial charge in [-0.25, -0.2) is 14.2 Å². The minimum atomic E-state index is -4.68. The van der Waals surface area contributed by atoms with E-state index < -0.39 is 23.5 Å². The molecule has 0 unspecified atom stereocenters. The van der Waals surface area contributed by atoms with Gasteiger partial charge in [-0.3, -0.25) is 0 Å². The minimum Gasteiger partial charge on any atom is -0.467 e. The summed E-state index contributed by atoms with van der Waals surface area (Å²) in [4.78, 5) is 16.6. The molecule has 172 valence electrons. The molecule has 0 aliphatic carbocycles. The van der Waals surface area contributed by atoms with Gasteiger partial charge in [0, 0.05) is 5.75 Å². The van der Waals surface area contributed by atoms with Gasteiger partial charge in [-0.05, 0) is 55.0 Å². The highest BCUT2D eigenvalue weighted by Gasteiger charge is 2.33. The maximum Gasteiger partial charge on any atom is 0.416 e. The Labute approximate surface area is 190 Å². The Hall–Kier alpha value is -3.27. The van der Waals surface area contributed by atoms with E-state index in [9.17, 15) is 22.4 Å². The van der Waals surface area contributed by atoms with E-state index >= 15 is 0 Å². The number of aromatic nitrogens is 2. The number of carbonyl (C=O) groups excluding carboxylic acids is 1. The maximum atomic E-state index is 13.4. The number of esters is 1. The van der Waals surface area contributed by atoms with E-state index in [1.807, 2.05) is 0 Å². The monoisotopic (exact) mass is 478 g/mol. The van der Waals surface area contributed by atoms with Crippen LogP contribution in [0, 0.1) is 5.82 Å². The number of fused-ring (bicyclic) bond motifs is 1. The van der Waals surface area contributed by atoms with Crippen molar-refractivity contribution in [3.8, 4) is 0 Å². The molecule has 4 rings (SSSR count). The molecule has 0 radical (unpaired) electrons. The van der Waals surface area contributed by atoms with Crippen LogP contribution < -0.4 is 0 Å². The Morgan fingerprint density at radius 3 is 2.70 bits per heavy atom. The lowest BCUT2D eigenvalue weighted by molar-refractivity contribution is -0.138. The number of furan rings is 1. The third-order valence-corrected chi connectivity index (χ3v) is 5.88. The molecule has 0 aliphatic heterocycles. The molecule has 5 nitrogen and oxygen atoms in total. The van der Waals surface area contributed by atoms with E-state index in [1.165, 1.54) is 6.26 Å². The quantitative estimate of drug-likeness (QED) is 0.177. The summed E-state index contributed by atoms with van der Waals surface area (Å²) in [6.07, 6.45) is -3.16. The zero-order valence-electron chi connectivity index (χ0n) is 17.4. The van der Waals surface area contributed by atoms with Crippen molar-refractivity contribution in [2.75, 3.05) is 6.61 Å². The number of halogens is 4. The molecule has 0 amide bonds. The molecule has 0 N–H and O–H groups in total. The van der Waals surface area contributed by atoms with Gasteiger partial charge in [0.2, 0.25) is 0 Å². The first-order valence-electron chi connectivity index (χ1n) is 9.94. The van der Waals surface area contributed by atoms with Gasteiger partial charge in [-0.15, -0.1) is 0 Å². The van der Waals surface area contributed by atoms with Crippen LogP contribution in [0.15, 0.2) is 64.4 Å². The lowest BCUT2D eigenvalue weighted by Gasteiger charge is -2.13. The fourth-order valence-electron chi connectivity index (χ4n) is 3.35. The lowest BCUT2D eigenvalue weighted by atomic mass is 10.1. The van der Waals surface area contributed by atoms with Crippen molar-refractivity contribution in [3.05, 3.63) is 83.1 Å². The zero-order valence-corrected chi connectivity index (χ0v) is 18.2. The average molecular weight is 478 g/mol. The number of imidazole rings is 1. The highest BCUT2D eigenvalue weighted by Crippen LogP contribution is 2.36. The van der Waals surface area contributed by atoms with Crippen molar-refractivity contribution in [2.24, 2.45) is 0 Å². The van der Waals surface area contributed by atoms with Gasteiger partial charge >= 0.3 is 12.1 Å². The number of benzene rings is 2. The summed E-state index contributed by atoms with van der Waals surface area (Å²) < 4.78 is 65.8. The predicted octanol–water partition coefficient (Wildman–Crippen LogP) is 6.30. The molecular formula is C23H18F4N2O3S. The number of rotatable bonds is 7. The van der Waals surface area contributed by atoms with Gasteiger partial charge in [-0.2, -0.15) is 13.2 Å². The Morgan fingerprint density at radius 1 is 1.18 bits per heavy atom. The molecule has 0 fully saturated rings. The van der Waals surface area contributed by atoms with Crippen LogP contribution in [0.2, 0.25) is 0 Å². The predicted molar refractivity (Wildman–Crippen MR) is 114 cm³/mol. The number of ether oxygens (including phenoxy) is 1. The molecule has 0 aliphatic rings. The van der Waals surface area contributed by atoms with E-state index in [2.05, 4.69) is 4.98 Å². The summed E-state index contributed by atoms with van der Waals surface area (Å²) in [5.74, 6) is -0.896. The second kappa shape index (κ2) is 9.30. The van der Waals surface area contributed by atoms with Crippen molar-refractivity contribution >= 4 is 28.8 Å². The van der Waals surface area contributed by atoms with Crippen molar-refractivity contribution in [1.29, 1.82) is 0 Å². The number of alkyl halides is 3. The molecule has 2 aromatic carbocycles. The number of thioether (sulfide) groups is 1. The number of carbonyl (C=O) groups is 1. The van der Waals surface area contributed by atoms with E-state index in [0.717, 1.165) is 23.9 Å². The highest BCUT2D eigenvalue weighted by atomic mass is 32.2. The number of hydrogen-bond acceptors (Lipinski definition) is 5. The fraction of sp³-hybridized carbons (Fsp3) is 0.217. The summed E-state index contributed by atoms with van der Waals surface area (Å²) in [6, 6.07) is 11.0. The molecule has 0 bridgehead atoms. The summed E-state index contributed by atoms with van der Waals surface area (Å²) in [5.41, 5.74) is 0.411. The molecule has 0 saturated heterocycles. The van der Waals surface area contributed by atoms with Gasteiger partial charge in [0.05, 0.1) is 41.6 Å². The number of nitrogens with zero attached hydrogens (tertiary/aromatic N) is 2. The molecule has 33 heavy (non-hydrogen) atoms. The van der Waals surface area contributed by atoms with Crippen LogP contribution in [0.4, 0.5) is 17.6 Å². The van der Waals surface area contributed by atoms with Crippen molar-refractivity contribution in [3.63, 3.8) is 0 Å². The van der Waals surface area contributed by atoms with Crippen LogP contribution in [0.5, 0.6) is 0 Å². The number of hydrogen-bond donors (Lipinski definition) is 0. The van der Waals surface area contributed by atoms with Crippen LogP contribution in [0.1, 0.15) is 34.2 Å². The van der Waals surface area contributed by atoms with Crippen LogP contribution in [-0.4, -0.2) is 22.1 Å². The summed E-state index contributed by atoms with van der Waals surface area (Å²) in [7, 11) is 0. The third-order valence-electron chi connectivity index (χ3n) is 4.85. The van der Waals surface area contributed by atoms with Crippen molar-refractivity contribution in [1.82, 2.24) is 9.55 Å². The van der Waals surface area contributed by atoms with E-state index in [1.54, 1.807) is 41.8 Å². The summed E-state index contributed by atoms with van der Waals surface area (Å²) in [6.45, 7) is 2.22. The van der Waals surface area contributed by atoms with Gasteiger partial charge in [0.15, 0.2) is 5.16 Å². The first-order chi connectivity index (χ1) is 15.8. The van der Waals surface area contributed by atoms with Crippen LogP contribution in [0.25, 0.3) is 11.0 Å².